The van der Waals surface area contributed by atoms with E-state index in [2.05, 4.69) is 6.92 Å². The Morgan fingerprint density at radius 1 is 0.882 bits per heavy atom. The highest BCUT2D eigenvalue weighted by molar-refractivity contribution is 4.55. The van der Waals surface area contributed by atoms with Crippen molar-refractivity contribution >= 4 is 0 Å². The Kier molecular flexibility index (Phi) is 13.8. The average Bonchev–Trinajstić information content (AvgIpc) is 2.33. The molecule has 104 valence electrons. The fraction of sp³-hybridized carbons (Fsp3) is 1.00. The van der Waals surface area contributed by atoms with Crippen molar-refractivity contribution in [3.8, 4) is 0 Å². The Balaban J connectivity index is 3.09. The molecule has 0 heterocycles. The number of aliphatic hydroxyl groups is 1. The minimum atomic E-state index is -0.303. The molecule has 17 heavy (non-hydrogen) atoms. The van der Waals surface area contributed by atoms with Crippen molar-refractivity contribution in [2.45, 2.75) is 64.9 Å². The molecule has 0 saturated heterocycles. The van der Waals surface area contributed by atoms with E-state index < -0.39 is 0 Å². The van der Waals surface area contributed by atoms with Crippen LogP contribution in [0, 0.1) is 0 Å². The normalized spacial score (nSPS) is 12.9. The van der Waals surface area contributed by atoms with Crippen molar-refractivity contribution in [3.05, 3.63) is 0 Å². The molecule has 0 aliphatic rings. The van der Waals surface area contributed by atoms with Crippen molar-refractivity contribution in [3.63, 3.8) is 0 Å². The Labute approximate surface area is 107 Å². The lowest BCUT2D eigenvalue weighted by Crippen LogP contribution is -2.17. The minimum Gasteiger partial charge on any atom is -0.391 e. The van der Waals surface area contributed by atoms with Crippen LogP contribution in [0.1, 0.15) is 58.8 Å². The lowest BCUT2D eigenvalue weighted by molar-refractivity contribution is 0.00276. The highest BCUT2D eigenvalue weighted by Gasteiger charge is 2.03. The van der Waals surface area contributed by atoms with Crippen LogP contribution < -0.4 is 0 Å². The van der Waals surface area contributed by atoms with E-state index in [-0.39, 0.29) is 6.10 Å². The van der Waals surface area contributed by atoms with Gasteiger partial charge in [0.15, 0.2) is 0 Å². The number of aliphatic hydroxyl groups excluding tert-OH is 1. The van der Waals surface area contributed by atoms with E-state index >= 15 is 0 Å². The second kappa shape index (κ2) is 13.9. The summed E-state index contributed by atoms with van der Waals surface area (Å²) in [4.78, 5) is 0. The van der Waals surface area contributed by atoms with Crippen LogP contribution in [0.2, 0.25) is 0 Å². The lowest BCUT2D eigenvalue weighted by atomic mass is 10.1. The molecule has 0 aromatic carbocycles. The Morgan fingerprint density at radius 2 is 1.53 bits per heavy atom. The van der Waals surface area contributed by atoms with Crippen LogP contribution in [-0.2, 0) is 9.47 Å². The van der Waals surface area contributed by atoms with Gasteiger partial charge in [0.25, 0.3) is 0 Å². The summed E-state index contributed by atoms with van der Waals surface area (Å²) >= 11 is 0. The third kappa shape index (κ3) is 13.8. The zero-order chi connectivity index (χ0) is 12.8. The number of rotatable bonds is 13. The fourth-order valence-corrected chi connectivity index (χ4v) is 1.73. The molecule has 0 amide bonds. The summed E-state index contributed by atoms with van der Waals surface area (Å²) in [7, 11) is 0. The molecule has 0 radical (unpaired) electrons. The van der Waals surface area contributed by atoms with Gasteiger partial charge in [-0.05, 0) is 13.3 Å². The second-order valence-electron chi connectivity index (χ2n) is 4.48. The molecular formula is C14H30O3. The van der Waals surface area contributed by atoms with Crippen molar-refractivity contribution in [1.82, 2.24) is 0 Å². The molecule has 0 bridgehead atoms. The molecule has 1 N–H and O–H groups in total. The number of unbranched alkanes of at least 4 members (excludes halogenated alkanes) is 5. The van der Waals surface area contributed by atoms with Gasteiger partial charge in [0, 0.05) is 6.61 Å². The minimum absolute atomic E-state index is 0.303. The third-order valence-corrected chi connectivity index (χ3v) is 2.78. The predicted molar refractivity (Wildman–Crippen MR) is 71.3 cm³/mol. The van der Waals surface area contributed by atoms with Gasteiger partial charge in [-0.3, -0.25) is 0 Å². The molecular weight excluding hydrogens is 216 g/mol. The van der Waals surface area contributed by atoms with E-state index in [0.717, 1.165) is 19.4 Å². The SMILES string of the molecule is CCCCCCCCC(O)COCCOCC. The number of hydrogen-bond acceptors (Lipinski definition) is 3. The largest absolute Gasteiger partial charge is 0.391 e. The van der Waals surface area contributed by atoms with Gasteiger partial charge in [0.1, 0.15) is 0 Å². The van der Waals surface area contributed by atoms with Crippen molar-refractivity contribution < 1.29 is 14.6 Å². The topological polar surface area (TPSA) is 38.7 Å². The van der Waals surface area contributed by atoms with Gasteiger partial charge in [0.05, 0.1) is 25.9 Å². The maximum absolute atomic E-state index is 9.64. The molecule has 0 rings (SSSR count). The van der Waals surface area contributed by atoms with Crippen LogP contribution in [-0.4, -0.2) is 37.6 Å². The van der Waals surface area contributed by atoms with Gasteiger partial charge in [-0.15, -0.1) is 0 Å². The number of hydrogen-bond donors (Lipinski definition) is 1. The molecule has 0 spiro atoms. The van der Waals surface area contributed by atoms with Gasteiger partial charge in [-0.25, -0.2) is 0 Å². The summed E-state index contributed by atoms with van der Waals surface area (Å²) in [5.74, 6) is 0. The van der Waals surface area contributed by atoms with Crippen LogP contribution in [0.3, 0.4) is 0 Å². The molecule has 3 nitrogen and oxygen atoms in total. The predicted octanol–water partition coefficient (Wildman–Crippen LogP) is 3.15. The summed E-state index contributed by atoms with van der Waals surface area (Å²) in [6.45, 7) is 6.57. The number of ether oxygens (including phenoxy) is 2. The molecule has 0 aromatic heterocycles. The summed E-state index contributed by atoms with van der Waals surface area (Å²) < 4.78 is 10.5. The highest BCUT2D eigenvalue weighted by Crippen LogP contribution is 2.08. The standard InChI is InChI=1S/C14H30O3/c1-3-5-6-7-8-9-10-14(15)13-17-12-11-16-4-2/h14-15H,3-13H2,1-2H3. The monoisotopic (exact) mass is 246 g/mol. The molecule has 0 fully saturated rings. The molecule has 0 aromatic rings. The van der Waals surface area contributed by atoms with Gasteiger partial charge in [0.2, 0.25) is 0 Å². The molecule has 0 aliphatic carbocycles. The first-order valence-electron chi connectivity index (χ1n) is 7.14. The average molecular weight is 246 g/mol. The molecule has 3 heteroatoms. The Hall–Kier alpha value is -0.120. The first-order valence-corrected chi connectivity index (χ1v) is 7.14. The molecule has 0 aliphatic heterocycles. The van der Waals surface area contributed by atoms with Crippen LogP contribution in [0.5, 0.6) is 0 Å². The molecule has 0 saturated carbocycles. The fourth-order valence-electron chi connectivity index (χ4n) is 1.73. The summed E-state index contributed by atoms with van der Waals surface area (Å²) in [6, 6.07) is 0. The van der Waals surface area contributed by atoms with Crippen molar-refractivity contribution in [1.29, 1.82) is 0 Å². The maximum atomic E-state index is 9.64. The van der Waals surface area contributed by atoms with E-state index in [9.17, 15) is 5.11 Å². The van der Waals surface area contributed by atoms with E-state index in [1.807, 2.05) is 6.92 Å². The van der Waals surface area contributed by atoms with Crippen LogP contribution >= 0.6 is 0 Å². The highest BCUT2D eigenvalue weighted by atomic mass is 16.5. The zero-order valence-corrected chi connectivity index (χ0v) is 11.6. The second-order valence-corrected chi connectivity index (χ2v) is 4.48. The third-order valence-electron chi connectivity index (χ3n) is 2.78. The summed E-state index contributed by atoms with van der Waals surface area (Å²) in [5.41, 5.74) is 0. The maximum Gasteiger partial charge on any atom is 0.0773 e. The quantitative estimate of drug-likeness (QED) is 0.507. The van der Waals surface area contributed by atoms with Crippen LogP contribution in [0.25, 0.3) is 0 Å². The van der Waals surface area contributed by atoms with Gasteiger partial charge < -0.3 is 14.6 Å². The zero-order valence-electron chi connectivity index (χ0n) is 11.6. The molecule has 1 unspecified atom stereocenters. The van der Waals surface area contributed by atoms with Gasteiger partial charge in [-0.2, -0.15) is 0 Å². The van der Waals surface area contributed by atoms with Crippen molar-refractivity contribution in [2.24, 2.45) is 0 Å². The van der Waals surface area contributed by atoms with Crippen LogP contribution in [0.4, 0.5) is 0 Å². The first-order chi connectivity index (χ1) is 8.31. The van der Waals surface area contributed by atoms with E-state index in [1.165, 1.54) is 32.1 Å². The van der Waals surface area contributed by atoms with Gasteiger partial charge >= 0.3 is 0 Å². The van der Waals surface area contributed by atoms with Crippen molar-refractivity contribution in [2.75, 3.05) is 26.4 Å². The van der Waals surface area contributed by atoms with Gasteiger partial charge in [-0.1, -0.05) is 45.4 Å². The first kappa shape index (κ1) is 16.9. The summed E-state index contributed by atoms with van der Waals surface area (Å²) in [5, 5.41) is 9.64. The van der Waals surface area contributed by atoms with E-state index in [4.69, 9.17) is 9.47 Å². The molecule has 1 atom stereocenters. The lowest BCUT2D eigenvalue weighted by Gasteiger charge is -2.11. The Bertz CT molecular complexity index is 139. The Morgan fingerprint density at radius 3 is 2.24 bits per heavy atom. The smallest absolute Gasteiger partial charge is 0.0773 e. The van der Waals surface area contributed by atoms with E-state index in [0.29, 0.717) is 19.8 Å². The van der Waals surface area contributed by atoms with Crippen LogP contribution in [0.15, 0.2) is 0 Å². The van der Waals surface area contributed by atoms with E-state index in [1.54, 1.807) is 0 Å². The summed E-state index contributed by atoms with van der Waals surface area (Å²) in [6.07, 6.45) is 8.15.